The number of likely N-dealkylation sites (tertiary alicyclic amines) is 1. The number of piperidine rings is 1. The molecule has 0 spiro atoms. The van der Waals surface area contributed by atoms with Gasteiger partial charge in [0.25, 0.3) is 0 Å². The van der Waals surface area contributed by atoms with Crippen LogP contribution in [0, 0.1) is 0 Å². The Labute approximate surface area is 145 Å². The van der Waals surface area contributed by atoms with Crippen LogP contribution in [-0.2, 0) is 6.54 Å². The number of anilines is 1. The topological polar surface area (TPSA) is 15.3 Å². The van der Waals surface area contributed by atoms with Gasteiger partial charge in [-0.25, -0.2) is 0 Å². The minimum absolute atomic E-state index is 0. The lowest BCUT2D eigenvalue weighted by Gasteiger charge is -2.32. The summed E-state index contributed by atoms with van der Waals surface area (Å²) in [5.74, 6) is 0. The number of benzene rings is 2. The number of hydrogen-bond acceptors (Lipinski definition) is 2. The fourth-order valence-electron chi connectivity index (χ4n) is 2.85. The molecule has 0 unspecified atom stereocenters. The maximum Gasteiger partial charge on any atom is 0.0342 e. The van der Waals surface area contributed by atoms with E-state index in [1.807, 2.05) is 0 Å². The van der Waals surface area contributed by atoms with Crippen LogP contribution < -0.4 is 5.32 Å². The Kier molecular flexibility index (Phi) is 8.32. The van der Waals surface area contributed by atoms with E-state index >= 15 is 0 Å². The fourth-order valence-corrected chi connectivity index (χ4v) is 2.85. The van der Waals surface area contributed by atoms with Gasteiger partial charge in [-0.3, -0.25) is 4.90 Å². The van der Waals surface area contributed by atoms with E-state index in [2.05, 4.69) is 70.9 Å². The van der Waals surface area contributed by atoms with Crippen molar-refractivity contribution in [1.82, 2.24) is 4.90 Å². The Morgan fingerprint density at radius 2 is 1.36 bits per heavy atom. The van der Waals surface area contributed by atoms with Crippen molar-refractivity contribution in [3.8, 4) is 0 Å². The van der Waals surface area contributed by atoms with E-state index < -0.39 is 0 Å². The van der Waals surface area contributed by atoms with Crippen molar-refractivity contribution in [2.24, 2.45) is 0 Å². The van der Waals surface area contributed by atoms with E-state index in [1.165, 1.54) is 37.2 Å². The molecule has 0 amide bonds. The van der Waals surface area contributed by atoms with Crippen molar-refractivity contribution in [3.63, 3.8) is 0 Å². The van der Waals surface area contributed by atoms with Crippen LogP contribution in [-0.4, -0.2) is 24.0 Å². The van der Waals surface area contributed by atoms with Gasteiger partial charge < -0.3 is 5.32 Å². The third kappa shape index (κ3) is 5.53. The summed E-state index contributed by atoms with van der Waals surface area (Å²) in [6.45, 7) is 3.44. The first-order valence-electron chi connectivity index (χ1n) is 7.48. The van der Waals surface area contributed by atoms with Gasteiger partial charge in [-0.15, -0.1) is 24.8 Å². The lowest BCUT2D eigenvalue weighted by molar-refractivity contribution is 0.211. The van der Waals surface area contributed by atoms with Crippen LogP contribution in [0.2, 0.25) is 0 Å². The third-order valence-electron chi connectivity index (χ3n) is 3.98. The first-order valence-corrected chi connectivity index (χ1v) is 7.48. The summed E-state index contributed by atoms with van der Waals surface area (Å²) in [6.07, 6.45) is 2.45. The molecule has 0 aliphatic carbocycles. The highest BCUT2D eigenvalue weighted by Crippen LogP contribution is 2.17. The summed E-state index contributed by atoms with van der Waals surface area (Å²) < 4.78 is 0. The van der Waals surface area contributed by atoms with Crippen LogP contribution in [0.25, 0.3) is 0 Å². The molecule has 0 radical (unpaired) electrons. The monoisotopic (exact) mass is 338 g/mol. The van der Waals surface area contributed by atoms with Gasteiger partial charge >= 0.3 is 0 Å². The number of nitrogens with one attached hydrogen (secondary N) is 1. The minimum Gasteiger partial charge on any atom is -0.382 e. The zero-order chi connectivity index (χ0) is 13.6. The molecule has 3 rings (SSSR count). The Bertz CT molecular complexity index is 462. The summed E-state index contributed by atoms with van der Waals surface area (Å²) in [7, 11) is 0. The van der Waals surface area contributed by atoms with Gasteiger partial charge in [-0.05, 0) is 30.5 Å². The number of para-hydroxylation sites is 1. The van der Waals surface area contributed by atoms with Crippen molar-refractivity contribution < 1.29 is 0 Å². The number of halogens is 2. The summed E-state index contributed by atoms with van der Waals surface area (Å²) in [5, 5.41) is 3.64. The smallest absolute Gasteiger partial charge is 0.0342 e. The quantitative estimate of drug-likeness (QED) is 0.875. The summed E-state index contributed by atoms with van der Waals surface area (Å²) in [5.41, 5.74) is 2.66. The molecule has 1 aliphatic rings. The molecule has 1 aliphatic heterocycles. The van der Waals surface area contributed by atoms with Crippen LogP contribution >= 0.6 is 24.8 Å². The van der Waals surface area contributed by atoms with E-state index in [1.54, 1.807) is 0 Å². The predicted molar refractivity (Wildman–Crippen MR) is 99.3 cm³/mol. The lowest BCUT2D eigenvalue weighted by Crippen LogP contribution is -2.38. The Balaban J connectivity index is 0.00000121. The largest absolute Gasteiger partial charge is 0.382 e. The van der Waals surface area contributed by atoms with Crippen LogP contribution in [0.4, 0.5) is 5.69 Å². The Morgan fingerprint density at radius 1 is 0.818 bits per heavy atom. The first kappa shape index (κ1) is 18.8. The molecular formula is C18H24Cl2N2. The Morgan fingerprint density at radius 3 is 1.95 bits per heavy atom. The van der Waals surface area contributed by atoms with E-state index in [4.69, 9.17) is 0 Å². The average molecular weight is 339 g/mol. The summed E-state index contributed by atoms with van der Waals surface area (Å²) in [4.78, 5) is 2.55. The van der Waals surface area contributed by atoms with Gasteiger partial charge in [-0.1, -0.05) is 48.5 Å². The third-order valence-corrected chi connectivity index (χ3v) is 3.98. The summed E-state index contributed by atoms with van der Waals surface area (Å²) in [6, 6.07) is 21.9. The van der Waals surface area contributed by atoms with Gasteiger partial charge in [0.15, 0.2) is 0 Å². The number of rotatable bonds is 4. The van der Waals surface area contributed by atoms with Crippen molar-refractivity contribution in [3.05, 3.63) is 66.2 Å². The highest BCUT2D eigenvalue weighted by molar-refractivity contribution is 5.85. The zero-order valence-corrected chi connectivity index (χ0v) is 14.3. The highest BCUT2D eigenvalue weighted by atomic mass is 35.5. The van der Waals surface area contributed by atoms with Gasteiger partial charge in [0, 0.05) is 31.4 Å². The second-order valence-electron chi connectivity index (χ2n) is 5.55. The zero-order valence-electron chi connectivity index (χ0n) is 12.7. The van der Waals surface area contributed by atoms with Gasteiger partial charge in [0.1, 0.15) is 0 Å². The maximum atomic E-state index is 3.64. The van der Waals surface area contributed by atoms with E-state index in [0.717, 1.165) is 6.54 Å². The van der Waals surface area contributed by atoms with Crippen LogP contribution in [0.3, 0.4) is 0 Å². The normalized spacial score (nSPS) is 15.5. The van der Waals surface area contributed by atoms with E-state index in [-0.39, 0.29) is 24.8 Å². The van der Waals surface area contributed by atoms with Gasteiger partial charge in [-0.2, -0.15) is 0 Å². The average Bonchev–Trinajstić information content (AvgIpc) is 2.51. The van der Waals surface area contributed by atoms with Crippen LogP contribution in [0.15, 0.2) is 60.7 Å². The second-order valence-corrected chi connectivity index (χ2v) is 5.55. The molecule has 2 aromatic carbocycles. The van der Waals surface area contributed by atoms with Crippen LogP contribution in [0.1, 0.15) is 18.4 Å². The number of nitrogens with zero attached hydrogens (tertiary/aromatic N) is 1. The molecule has 4 heteroatoms. The molecule has 0 saturated carbocycles. The molecular weight excluding hydrogens is 315 g/mol. The van der Waals surface area contributed by atoms with Gasteiger partial charge in [0.2, 0.25) is 0 Å². The van der Waals surface area contributed by atoms with E-state index in [0.29, 0.717) is 6.04 Å². The molecule has 2 aromatic rings. The summed E-state index contributed by atoms with van der Waals surface area (Å²) >= 11 is 0. The molecule has 1 heterocycles. The SMILES string of the molecule is Cl.Cl.c1ccc(CN2CCC(Nc3ccccc3)CC2)cc1. The molecule has 1 saturated heterocycles. The Hall–Kier alpha value is -1.22. The molecule has 1 fully saturated rings. The van der Waals surface area contributed by atoms with Gasteiger partial charge in [0.05, 0.1) is 0 Å². The molecule has 22 heavy (non-hydrogen) atoms. The van der Waals surface area contributed by atoms with Crippen molar-refractivity contribution in [2.75, 3.05) is 18.4 Å². The van der Waals surface area contributed by atoms with E-state index in [9.17, 15) is 0 Å². The molecule has 0 aromatic heterocycles. The molecule has 0 bridgehead atoms. The highest BCUT2D eigenvalue weighted by Gasteiger charge is 2.18. The standard InChI is InChI=1S/C18H22N2.2ClH/c1-3-7-16(8-4-1)15-20-13-11-18(12-14-20)19-17-9-5-2-6-10-17;;/h1-10,18-19H,11-15H2;2*1H. The lowest BCUT2D eigenvalue weighted by atomic mass is 10.0. The number of hydrogen-bond donors (Lipinski definition) is 1. The first-order chi connectivity index (χ1) is 9.90. The fraction of sp³-hybridized carbons (Fsp3) is 0.333. The van der Waals surface area contributed by atoms with Crippen LogP contribution in [0.5, 0.6) is 0 Å². The van der Waals surface area contributed by atoms with Crippen molar-refractivity contribution >= 4 is 30.5 Å². The molecule has 0 atom stereocenters. The van der Waals surface area contributed by atoms with Crippen molar-refractivity contribution in [2.45, 2.75) is 25.4 Å². The second kappa shape index (κ2) is 9.73. The molecule has 2 nitrogen and oxygen atoms in total. The maximum absolute atomic E-state index is 3.64. The van der Waals surface area contributed by atoms with Crippen molar-refractivity contribution in [1.29, 1.82) is 0 Å². The predicted octanol–water partition coefficient (Wildman–Crippen LogP) is 4.61. The molecule has 1 N–H and O–H groups in total. The molecule has 120 valence electrons. The minimum atomic E-state index is 0.